The molecule has 0 aromatic rings. The Bertz CT molecular complexity index is 283. The summed E-state index contributed by atoms with van der Waals surface area (Å²) in [7, 11) is 0. The van der Waals surface area contributed by atoms with E-state index < -0.39 is 5.54 Å². The van der Waals surface area contributed by atoms with E-state index in [0.29, 0.717) is 13.2 Å². The molecule has 0 radical (unpaired) electrons. The fourth-order valence-corrected chi connectivity index (χ4v) is 2.68. The van der Waals surface area contributed by atoms with Gasteiger partial charge in [-0.1, -0.05) is 26.7 Å². The van der Waals surface area contributed by atoms with Crippen LogP contribution >= 0.6 is 0 Å². The molecule has 1 N–H and O–H groups in total. The van der Waals surface area contributed by atoms with E-state index >= 15 is 0 Å². The highest BCUT2D eigenvalue weighted by molar-refractivity contribution is 5.80. The topological polar surface area (TPSA) is 47.6 Å². The number of esters is 1. The normalized spacial score (nSPS) is 26.7. The van der Waals surface area contributed by atoms with Crippen molar-refractivity contribution in [3.8, 4) is 0 Å². The van der Waals surface area contributed by atoms with E-state index in [2.05, 4.69) is 12.2 Å². The van der Waals surface area contributed by atoms with E-state index in [4.69, 9.17) is 9.47 Å². The molecule has 0 bridgehead atoms. The average Bonchev–Trinajstić information content (AvgIpc) is 2.37. The van der Waals surface area contributed by atoms with Gasteiger partial charge < -0.3 is 14.8 Å². The molecule has 1 aliphatic carbocycles. The maximum absolute atomic E-state index is 12.0. The van der Waals surface area contributed by atoms with Crippen molar-refractivity contribution >= 4 is 5.97 Å². The summed E-state index contributed by atoms with van der Waals surface area (Å²) in [6.45, 7) is 9.45. The Labute approximate surface area is 117 Å². The van der Waals surface area contributed by atoms with E-state index in [9.17, 15) is 4.79 Å². The molecule has 4 nitrogen and oxygen atoms in total. The Balaban J connectivity index is 2.50. The van der Waals surface area contributed by atoms with Crippen molar-refractivity contribution in [3.05, 3.63) is 0 Å². The molecule has 1 rings (SSSR count). The molecular weight excluding hydrogens is 242 g/mol. The summed E-state index contributed by atoms with van der Waals surface area (Å²) >= 11 is 0. The first-order valence-electron chi connectivity index (χ1n) is 7.55. The minimum atomic E-state index is -0.731. The van der Waals surface area contributed by atoms with Crippen LogP contribution in [0.1, 0.15) is 53.4 Å². The molecule has 4 heteroatoms. The molecular formula is C15H29NO3. The Hall–Kier alpha value is -0.610. The zero-order chi connectivity index (χ0) is 14.3. The summed E-state index contributed by atoms with van der Waals surface area (Å²) in [5.41, 5.74) is -0.731. The van der Waals surface area contributed by atoms with Gasteiger partial charge in [-0.05, 0) is 39.2 Å². The van der Waals surface area contributed by atoms with Crippen LogP contribution in [-0.2, 0) is 14.3 Å². The largest absolute Gasteiger partial charge is 0.465 e. The Kier molecular flexibility index (Phi) is 6.80. The van der Waals surface area contributed by atoms with Gasteiger partial charge in [0, 0.05) is 0 Å². The average molecular weight is 271 g/mol. The van der Waals surface area contributed by atoms with Crippen molar-refractivity contribution in [3.63, 3.8) is 0 Å². The molecule has 0 spiro atoms. The van der Waals surface area contributed by atoms with Crippen LogP contribution in [0.5, 0.6) is 0 Å². The lowest BCUT2D eigenvalue weighted by molar-refractivity contribution is -0.154. The molecule has 3 unspecified atom stereocenters. The first-order chi connectivity index (χ1) is 9.01. The zero-order valence-corrected chi connectivity index (χ0v) is 12.8. The quantitative estimate of drug-likeness (QED) is 0.723. The predicted molar refractivity (Wildman–Crippen MR) is 76.1 cm³/mol. The molecule has 19 heavy (non-hydrogen) atoms. The maximum Gasteiger partial charge on any atom is 0.328 e. The van der Waals surface area contributed by atoms with Gasteiger partial charge in [-0.2, -0.15) is 0 Å². The van der Waals surface area contributed by atoms with Gasteiger partial charge in [0.1, 0.15) is 5.54 Å². The first kappa shape index (κ1) is 16.4. The van der Waals surface area contributed by atoms with Gasteiger partial charge in [-0.3, -0.25) is 0 Å². The second-order valence-corrected chi connectivity index (χ2v) is 5.79. The van der Waals surface area contributed by atoms with E-state index in [0.717, 1.165) is 25.3 Å². The van der Waals surface area contributed by atoms with E-state index in [1.165, 1.54) is 12.8 Å². The summed E-state index contributed by atoms with van der Waals surface area (Å²) < 4.78 is 11.1. The third kappa shape index (κ3) is 5.11. The SMILES string of the molecule is CCNC(C)(COC1CCCC(C)C1)C(=O)OCC. The number of carbonyl (C=O) groups excluding carboxylic acids is 1. The Morgan fingerprint density at radius 3 is 2.68 bits per heavy atom. The van der Waals surface area contributed by atoms with Crippen LogP contribution in [-0.4, -0.2) is 37.4 Å². The van der Waals surface area contributed by atoms with Crippen molar-refractivity contribution in [1.82, 2.24) is 5.32 Å². The van der Waals surface area contributed by atoms with Crippen LogP contribution in [0.3, 0.4) is 0 Å². The molecule has 1 aliphatic rings. The second kappa shape index (κ2) is 7.85. The monoisotopic (exact) mass is 271 g/mol. The van der Waals surface area contributed by atoms with E-state index in [-0.39, 0.29) is 12.1 Å². The number of hydrogen-bond acceptors (Lipinski definition) is 4. The van der Waals surface area contributed by atoms with Gasteiger partial charge in [-0.15, -0.1) is 0 Å². The molecule has 112 valence electrons. The van der Waals surface area contributed by atoms with Gasteiger partial charge in [0.2, 0.25) is 0 Å². The number of likely N-dealkylation sites (N-methyl/N-ethyl adjacent to an activating group) is 1. The van der Waals surface area contributed by atoms with Gasteiger partial charge in [-0.25, -0.2) is 4.79 Å². The van der Waals surface area contributed by atoms with Gasteiger partial charge in [0.05, 0.1) is 19.3 Å². The molecule has 0 aromatic heterocycles. The smallest absolute Gasteiger partial charge is 0.328 e. The fourth-order valence-electron chi connectivity index (χ4n) is 2.68. The van der Waals surface area contributed by atoms with Crippen LogP contribution in [0.4, 0.5) is 0 Å². The van der Waals surface area contributed by atoms with Gasteiger partial charge in [0.15, 0.2) is 0 Å². The molecule has 0 amide bonds. The molecule has 3 atom stereocenters. The molecule has 1 fully saturated rings. The Morgan fingerprint density at radius 1 is 1.37 bits per heavy atom. The van der Waals surface area contributed by atoms with Crippen molar-refractivity contribution in [1.29, 1.82) is 0 Å². The fraction of sp³-hybridized carbons (Fsp3) is 0.933. The van der Waals surface area contributed by atoms with Crippen molar-refractivity contribution in [2.75, 3.05) is 19.8 Å². The Morgan fingerprint density at radius 2 is 2.11 bits per heavy atom. The van der Waals surface area contributed by atoms with Crippen LogP contribution < -0.4 is 5.32 Å². The molecule has 0 heterocycles. The van der Waals surface area contributed by atoms with Crippen LogP contribution in [0, 0.1) is 5.92 Å². The summed E-state index contributed by atoms with van der Waals surface area (Å²) in [5, 5.41) is 3.19. The van der Waals surface area contributed by atoms with Crippen LogP contribution in [0.2, 0.25) is 0 Å². The highest BCUT2D eigenvalue weighted by Crippen LogP contribution is 2.26. The zero-order valence-electron chi connectivity index (χ0n) is 12.8. The van der Waals surface area contributed by atoms with E-state index in [1.54, 1.807) is 0 Å². The summed E-state index contributed by atoms with van der Waals surface area (Å²) in [4.78, 5) is 12.0. The highest BCUT2D eigenvalue weighted by atomic mass is 16.5. The highest BCUT2D eigenvalue weighted by Gasteiger charge is 2.35. The molecule has 1 saturated carbocycles. The molecule has 0 aliphatic heterocycles. The lowest BCUT2D eigenvalue weighted by Gasteiger charge is -2.32. The third-order valence-corrected chi connectivity index (χ3v) is 3.79. The lowest BCUT2D eigenvalue weighted by atomic mass is 9.88. The summed E-state index contributed by atoms with van der Waals surface area (Å²) in [5.74, 6) is 0.507. The first-order valence-corrected chi connectivity index (χ1v) is 7.55. The number of nitrogens with one attached hydrogen (secondary N) is 1. The van der Waals surface area contributed by atoms with Crippen molar-refractivity contribution in [2.24, 2.45) is 5.92 Å². The molecule has 0 aromatic carbocycles. The summed E-state index contributed by atoms with van der Waals surface area (Å²) in [6, 6.07) is 0. The van der Waals surface area contributed by atoms with E-state index in [1.807, 2.05) is 20.8 Å². The minimum absolute atomic E-state index is 0.222. The standard InChI is InChI=1S/C15H29NO3/c1-5-16-15(4,14(17)18-6-2)11-19-13-9-7-8-12(3)10-13/h12-13,16H,5-11H2,1-4H3. The third-order valence-electron chi connectivity index (χ3n) is 3.79. The van der Waals surface area contributed by atoms with Crippen LogP contribution in [0.15, 0.2) is 0 Å². The molecule has 0 saturated heterocycles. The van der Waals surface area contributed by atoms with Gasteiger partial charge in [0.25, 0.3) is 0 Å². The maximum atomic E-state index is 12.0. The number of rotatable bonds is 7. The second-order valence-electron chi connectivity index (χ2n) is 5.79. The minimum Gasteiger partial charge on any atom is -0.465 e. The number of hydrogen-bond donors (Lipinski definition) is 1. The number of ether oxygens (including phenoxy) is 2. The predicted octanol–water partition coefficient (Wildman–Crippen LogP) is 2.51. The van der Waals surface area contributed by atoms with Gasteiger partial charge >= 0.3 is 5.97 Å². The van der Waals surface area contributed by atoms with Crippen LogP contribution in [0.25, 0.3) is 0 Å². The van der Waals surface area contributed by atoms with Crippen molar-refractivity contribution in [2.45, 2.75) is 65.0 Å². The number of carbonyl (C=O) groups is 1. The summed E-state index contributed by atoms with van der Waals surface area (Å²) in [6.07, 6.45) is 5.02. The van der Waals surface area contributed by atoms with Crippen molar-refractivity contribution < 1.29 is 14.3 Å². The lowest BCUT2D eigenvalue weighted by Crippen LogP contribution is -2.54.